The van der Waals surface area contributed by atoms with Gasteiger partial charge < -0.3 is 14.6 Å². The Kier molecular flexibility index (Phi) is 4.39. The van der Waals surface area contributed by atoms with Crippen molar-refractivity contribution in [3.63, 3.8) is 0 Å². The summed E-state index contributed by atoms with van der Waals surface area (Å²) in [6.07, 6.45) is 1.35. The lowest BCUT2D eigenvalue weighted by molar-refractivity contribution is -0.123. The van der Waals surface area contributed by atoms with Crippen molar-refractivity contribution in [1.82, 2.24) is 5.32 Å². The number of furan rings is 1. The Hall–Kier alpha value is -2.61. The van der Waals surface area contributed by atoms with Crippen LogP contribution in [0.3, 0.4) is 0 Å². The van der Waals surface area contributed by atoms with E-state index in [2.05, 4.69) is 5.32 Å². The van der Waals surface area contributed by atoms with Crippen molar-refractivity contribution in [2.75, 3.05) is 17.2 Å². The number of rotatable bonds is 4. The summed E-state index contributed by atoms with van der Waals surface area (Å²) in [5.41, 5.74) is 0.244. The van der Waals surface area contributed by atoms with Crippen LogP contribution >= 0.6 is 0 Å². The number of sulfone groups is 1. The van der Waals surface area contributed by atoms with Gasteiger partial charge in [0.15, 0.2) is 9.84 Å². The second-order valence-electron chi connectivity index (χ2n) is 5.37. The summed E-state index contributed by atoms with van der Waals surface area (Å²) in [5.74, 6) is -0.452. The van der Waals surface area contributed by atoms with E-state index in [0.29, 0.717) is 5.76 Å². The van der Waals surface area contributed by atoms with E-state index in [1.54, 1.807) is 24.3 Å². The number of nitrogens with zero attached hydrogens (tertiary/aromatic N) is 1. The molecule has 0 fully saturated rings. The quantitative estimate of drug-likeness (QED) is 0.893. The SMILES string of the molecule is O=C(CN1C(=O)CCS(=O)(=O)c2ccccc21)NCc1ccco1. The van der Waals surface area contributed by atoms with Gasteiger partial charge in [-0.3, -0.25) is 9.59 Å². The van der Waals surface area contributed by atoms with Crippen LogP contribution in [0.25, 0.3) is 0 Å². The lowest BCUT2D eigenvalue weighted by atomic mass is 10.2. The molecule has 0 unspecified atom stereocenters. The fraction of sp³-hybridized carbons (Fsp3) is 0.250. The van der Waals surface area contributed by atoms with Crippen LogP contribution in [0.5, 0.6) is 0 Å². The molecule has 2 amide bonds. The summed E-state index contributed by atoms with van der Waals surface area (Å²) in [4.78, 5) is 25.7. The van der Waals surface area contributed by atoms with E-state index in [9.17, 15) is 18.0 Å². The van der Waals surface area contributed by atoms with Gasteiger partial charge in [0.2, 0.25) is 11.8 Å². The number of fused-ring (bicyclic) bond motifs is 1. The number of carbonyl (C=O) groups excluding carboxylic acids is 2. The zero-order valence-electron chi connectivity index (χ0n) is 12.8. The maximum Gasteiger partial charge on any atom is 0.240 e. The van der Waals surface area contributed by atoms with E-state index in [1.807, 2.05) is 0 Å². The molecule has 0 atom stereocenters. The molecule has 1 N–H and O–H groups in total. The van der Waals surface area contributed by atoms with Gasteiger partial charge in [-0.05, 0) is 24.3 Å². The molecule has 1 aromatic heterocycles. The average Bonchev–Trinajstić information content (AvgIpc) is 3.06. The maximum absolute atomic E-state index is 12.3. The zero-order chi connectivity index (χ0) is 17.2. The van der Waals surface area contributed by atoms with Gasteiger partial charge in [-0.2, -0.15) is 0 Å². The number of hydrogen-bond donors (Lipinski definition) is 1. The second kappa shape index (κ2) is 6.48. The molecule has 1 aromatic carbocycles. The Balaban J connectivity index is 1.80. The normalized spacial score (nSPS) is 16.3. The van der Waals surface area contributed by atoms with Crippen molar-refractivity contribution in [3.8, 4) is 0 Å². The molecule has 0 bridgehead atoms. The van der Waals surface area contributed by atoms with Gasteiger partial charge in [0, 0.05) is 6.42 Å². The van der Waals surface area contributed by atoms with Crippen LogP contribution in [0.1, 0.15) is 12.2 Å². The van der Waals surface area contributed by atoms with Crippen LogP contribution in [0.4, 0.5) is 5.69 Å². The van der Waals surface area contributed by atoms with Crippen molar-refractivity contribution in [1.29, 1.82) is 0 Å². The molecule has 7 nitrogen and oxygen atoms in total. The third-order valence-electron chi connectivity index (χ3n) is 3.72. The Morgan fingerprint density at radius 2 is 2.00 bits per heavy atom. The van der Waals surface area contributed by atoms with Crippen molar-refractivity contribution in [2.45, 2.75) is 17.9 Å². The molecule has 8 heteroatoms. The molecule has 126 valence electrons. The molecule has 1 aliphatic rings. The monoisotopic (exact) mass is 348 g/mol. The first-order valence-corrected chi connectivity index (χ1v) is 9.04. The summed E-state index contributed by atoms with van der Waals surface area (Å²) in [5, 5.41) is 2.65. The molecule has 3 rings (SSSR count). The number of amides is 2. The molecule has 0 saturated carbocycles. The Labute approximate surface area is 139 Å². The lowest BCUT2D eigenvalue weighted by Gasteiger charge is -2.21. The third-order valence-corrected chi connectivity index (χ3v) is 5.48. The van der Waals surface area contributed by atoms with Crippen LogP contribution in [-0.4, -0.2) is 32.5 Å². The van der Waals surface area contributed by atoms with Gasteiger partial charge in [0.1, 0.15) is 12.3 Å². The molecule has 0 saturated heterocycles. The fourth-order valence-electron chi connectivity index (χ4n) is 2.52. The smallest absolute Gasteiger partial charge is 0.240 e. The predicted molar refractivity (Wildman–Crippen MR) is 86.0 cm³/mol. The number of anilines is 1. The van der Waals surface area contributed by atoms with Gasteiger partial charge in [-0.1, -0.05) is 12.1 Å². The molecule has 1 aliphatic heterocycles. The Morgan fingerprint density at radius 1 is 1.21 bits per heavy atom. The standard InChI is InChI=1S/C16H16N2O5S/c19-15(17-10-12-4-3-8-23-12)11-18-13-5-1-2-6-14(13)24(21,22)9-7-16(18)20/h1-6,8H,7,9-11H2,(H,17,19). The number of hydrogen-bond acceptors (Lipinski definition) is 5. The second-order valence-corrected chi connectivity index (χ2v) is 7.45. The van der Waals surface area contributed by atoms with Crippen LogP contribution in [0, 0.1) is 0 Å². The van der Waals surface area contributed by atoms with Crippen LogP contribution < -0.4 is 10.2 Å². The zero-order valence-corrected chi connectivity index (χ0v) is 13.6. The summed E-state index contributed by atoms with van der Waals surface area (Å²) in [6, 6.07) is 9.66. The van der Waals surface area contributed by atoms with Gasteiger partial charge in [-0.25, -0.2) is 8.42 Å². The highest BCUT2D eigenvalue weighted by molar-refractivity contribution is 7.91. The first-order chi connectivity index (χ1) is 11.5. The van der Waals surface area contributed by atoms with E-state index in [1.165, 1.54) is 23.3 Å². The highest BCUT2D eigenvalue weighted by Gasteiger charge is 2.31. The van der Waals surface area contributed by atoms with Crippen molar-refractivity contribution in [2.24, 2.45) is 0 Å². The molecular formula is C16H16N2O5S. The first kappa shape index (κ1) is 16.3. The number of para-hydroxylation sites is 1. The van der Waals surface area contributed by atoms with Gasteiger partial charge in [0.25, 0.3) is 0 Å². The largest absolute Gasteiger partial charge is 0.467 e. The molecule has 2 heterocycles. The number of carbonyl (C=O) groups is 2. The van der Waals surface area contributed by atoms with Crippen LogP contribution in [-0.2, 0) is 26.0 Å². The Bertz CT molecular complexity index is 858. The number of nitrogens with one attached hydrogen (secondary N) is 1. The topological polar surface area (TPSA) is 96.7 Å². The first-order valence-electron chi connectivity index (χ1n) is 7.38. The average molecular weight is 348 g/mol. The van der Waals surface area contributed by atoms with Gasteiger partial charge >= 0.3 is 0 Å². The maximum atomic E-state index is 12.3. The van der Waals surface area contributed by atoms with Crippen molar-refractivity contribution in [3.05, 3.63) is 48.4 Å². The van der Waals surface area contributed by atoms with Crippen molar-refractivity contribution < 1.29 is 22.4 Å². The Morgan fingerprint density at radius 3 is 2.75 bits per heavy atom. The molecule has 2 aromatic rings. The van der Waals surface area contributed by atoms with E-state index in [4.69, 9.17) is 4.42 Å². The highest BCUT2D eigenvalue weighted by Crippen LogP contribution is 2.29. The van der Waals surface area contributed by atoms with Crippen LogP contribution in [0.15, 0.2) is 52.0 Å². The minimum absolute atomic E-state index is 0.0784. The molecule has 0 spiro atoms. The molecule has 0 aliphatic carbocycles. The summed E-state index contributed by atoms with van der Waals surface area (Å²) in [7, 11) is -3.54. The third kappa shape index (κ3) is 3.33. The summed E-state index contributed by atoms with van der Waals surface area (Å²) >= 11 is 0. The van der Waals surface area contributed by atoms with E-state index in [-0.39, 0.29) is 35.8 Å². The number of benzene rings is 1. The fourth-order valence-corrected chi connectivity index (χ4v) is 3.96. The minimum Gasteiger partial charge on any atom is -0.467 e. The summed E-state index contributed by atoms with van der Waals surface area (Å²) < 4.78 is 29.6. The molecular weight excluding hydrogens is 332 g/mol. The van der Waals surface area contributed by atoms with E-state index < -0.39 is 21.7 Å². The van der Waals surface area contributed by atoms with E-state index in [0.717, 1.165) is 0 Å². The molecule has 0 radical (unpaired) electrons. The van der Waals surface area contributed by atoms with E-state index >= 15 is 0 Å². The van der Waals surface area contributed by atoms with Crippen LogP contribution in [0.2, 0.25) is 0 Å². The minimum atomic E-state index is -3.54. The predicted octanol–water partition coefficient (Wildman–Crippen LogP) is 1.11. The van der Waals surface area contributed by atoms with Gasteiger partial charge in [-0.15, -0.1) is 0 Å². The highest BCUT2D eigenvalue weighted by atomic mass is 32.2. The molecule has 24 heavy (non-hydrogen) atoms. The summed E-state index contributed by atoms with van der Waals surface area (Å²) in [6.45, 7) is -0.0418. The van der Waals surface area contributed by atoms with Crippen molar-refractivity contribution >= 4 is 27.3 Å². The lowest BCUT2D eigenvalue weighted by Crippen LogP contribution is -2.40. The van der Waals surface area contributed by atoms with Gasteiger partial charge in [0.05, 0.1) is 29.1 Å².